The second-order valence-electron chi connectivity index (χ2n) is 4.73. The summed E-state index contributed by atoms with van der Waals surface area (Å²) in [6.07, 6.45) is 2.96. The molecule has 6 heteroatoms. The van der Waals surface area contributed by atoms with Gasteiger partial charge in [-0.15, -0.1) is 0 Å². The minimum atomic E-state index is 0.420. The number of nitrogens with zero attached hydrogens (tertiary/aromatic N) is 4. The molecule has 0 spiro atoms. The maximum atomic E-state index is 5.07. The molecule has 1 N–H and O–H groups in total. The van der Waals surface area contributed by atoms with Gasteiger partial charge in [-0.3, -0.25) is 4.68 Å². The highest BCUT2D eigenvalue weighted by molar-refractivity contribution is 5.37. The van der Waals surface area contributed by atoms with Crippen LogP contribution in [0.5, 0.6) is 0 Å². The van der Waals surface area contributed by atoms with Crippen molar-refractivity contribution in [3.8, 4) is 0 Å². The highest BCUT2D eigenvalue weighted by Gasteiger charge is 2.07. The van der Waals surface area contributed by atoms with E-state index in [-0.39, 0.29) is 0 Å². The Hall–Kier alpha value is -1.95. The summed E-state index contributed by atoms with van der Waals surface area (Å²) in [6, 6.07) is 1.93. The minimum Gasteiger partial charge on any atom is -0.377 e. The molecule has 2 aromatic heterocycles. The van der Waals surface area contributed by atoms with Crippen LogP contribution in [0, 0.1) is 6.92 Å². The van der Waals surface area contributed by atoms with Crippen molar-refractivity contribution in [2.45, 2.75) is 33.4 Å². The van der Waals surface area contributed by atoms with Crippen LogP contribution in [-0.2, 0) is 31.4 Å². The molecule has 0 aliphatic carbocycles. The Balaban J connectivity index is 2.10. The molecule has 2 rings (SSSR count). The van der Waals surface area contributed by atoms with Gasteiger partial charge in [0.15, 0.2) is 5.82 Å². The third-order valence-electron chi connectivity index (χ3n) is 2.96. The number of rotatable bonds is 6. The van der Waals surface area contributed by atoms with Gasteiger partial charge in [0.2, 0.25) is 0 Å². The van der Waals surface area contributed by atoms with Crippen molar-refractivity contribution < 1.29 is 4.74 Å². The van der Waals surface area contributed by atoms with Crippen LogP contribution in [0.15, 0.2) is 12.3 Å². The summed E-state index contributed by atoms with van der Waals surface area (Å²) in [5.74, 6) is 1.51. The molecule has 2 heterocycles. The maximum absolute atomic E-state index is 5.07. The van der Waals surface area contributed by atoms with E-state index in [4.69, 9.17) is 4.74 Å². The van der Waals surface area contributed by atoms with Crippen molar-refractivity contribution in [3.63, 3.8) is 0 Å². The Morgan fingerprint density at radius 1 is 1.35 bits per heavy atom. The average molecular weight is 275 g/mol. The van der Waals surface area contributed by atoms with Crippen LogP contribution in [0.2, 0.25) is 0 Å². The normalized spacial score (nSPS) is 10.8. The highest BCUT2D eigenvalue weighted by Crippen LogP contribution is 2.12. The van der Waals surface area contributed by atoms with E-state index in [0.717, 1.165) is 23.6 Å². The summed E-state index contributed by atoms with van der Waals surface area (Å²) in [7, 11) is 3.58. The molecule has 0 atom stereocenters. The molecule has 2 aromatic rings. The van der Waals surface area contributed by atoms with Gasteiger partial charge in [0, 0.05) is 44.2 Å². The highest BCUT2D eigenvalue weighted by atomic mass is 16.5. The molecular weight excluding hydrogens is 254 g/mol. The molecule has 6 nitrogen and oxygen atoms in total. The molecule has 20 heavy (non-hydrogen) atoms. The van der Waals surface area contributed by atoms with E-state index in [9.17, 15) is 0 Å². The number of nitrogens with one attached hydrogen (secondary N) is 1. The lowest BCUT2D eigenvalue weighted by atomic mass is 10.2. The van der Waals surface area contributed by atoms with Gasteiger partial charge in [-0.05, 0) is 13.3 Å². The van der Waals surface area contributed by atoms with Crippen LogP contribution in [0.1, 0.15) is 29.7 Å². The van der Waals surface area contributed by atoms with Crippen molar-refractivity contribution in [2.24, 2.45) is 7.05 Å². The van der Waals surface area contributed by atoms with E-state index in [1.807, 2.05) is 30.9 Å². The van der Waals surface area contributed by atoms with E-state index >= 15 is 0 Å². The zero-order valence-electron chi connectivity index (χ0n) is 12.5. The molecule has 0 bridgehead atoms. The van der Waals surface area contributed by atoms with Gasteiger partial charge in [-0.1, -0.05) is 6.92 Å². The van der Waals surface area contributed by atoms with Crippen molar-refractivity contribution in [3.05, 3.63) is 35.0 Å². The van der Waals surface area contributed by atoms with E-state index in [1.165, 1.54) is 5.56 Å². The first-order chi connectivity index (χ1) is 9.62. The predicted octanol–water partition coefficient (Wildman–Crippen LogP) is 1.84. The molecule has 0 aromatic carbocycles. The molecule has 0 radical (unpaired) electrons. The van der Waals surface area contributed by atoms with Gasteiger partial charge in [0.1, 0.15) is 12.4 Å². The van der Waals surface area contributed by atoms with Gasteiger partial charge in [0.05, 0.1) is 5.69 Å². The van der Waals surface area contributed by atoms with Crippen LogP contribution < -0.4 is 5.32 Å². The zero-order chi connectivity index (χ0) is 14.5. The van der Waals surface area contributed by atoms with Gasteiger partial charge in [0.25, 0.3) is 0 Å². The summed E-state index contributed by atoms with van der Waals surface area (Å²) in [4.78, 5) is 8.75. The fourth-order valence-corrected chi connectivity index (χ4v) is 2.13. The van der Waals surface area contributed by atoms with Crippen molar-refractivity contribution in [1.82, 2.24) is 19.7 Å². The molecule has 0 aliphatic rings. The lowest BCUT2D eigenvalue weighted by Crippen LogP contribution is -2.07. The number of methoxy groups -OCH3 is 1. The number of aryl methyl sites for hydroxylation is 3. The summed E-state index contributed by atoms with van der Waals surface area (Å²) >= 11 is 0. The van der Waals surface area contributed by atoms with Crippen molar-refractivity contribution >= 4 is 5.82 Å². The fraction of sp³-hybridized carbons (Fsp3) is 0.500. The molecule has 0 amide bonds. The van der Waals surface area contributed by atoms with Crippen molar-refractivity contribution in [1.29, 1.82) is 0 Å². The third kappa shape index (κ3) is 3.54. The predicted molar refractivity (Wildman–Crippen MR) is 77.4 cm³/mol. The first kappa shape index (κ1) is 14.5. The molecule has 0 fully saturated rings. The molecule has 0 unspecified atom stereocenters. The molecule has 0 saturated heterocycles. The Bertz CT molecular complexity index is 579. The van der Waals surface area contributed by atoms with E-state index < -0.39 is 0 Å². The van der Waals surface area contributed by atoms with Crippen LogP contribution in [0.25, 0.3) is 0 Å². The second-order valence-corrected chi connectivity index (χ2v) is 4.73. The first-order valence-corrected chi connectivity index (χ1v) is 6.71. The summed E-state index contributed by atoms with van der Waals surface area (Å²) in [5.41, 5.74) is 3.24. The van der Waals surface area contributed by atoms with Crippen LogP contribution in [0.4, 0.5) is 5.82 Å². The topological polar surface area (TPSA) is 64.9 Å². The number of hydrogen-bond donors (Lipinski definition) is 1. The van der Waals surface area contributed by atoms with Gasteiger partial charge in [-0.25, -0.2) is 9.97 Å². The maximum Gasteiger partial charge on any atom is 0.156 e. The van der Waals surface area contributed by atoms with Gasteiger partial charge >= 0.3 is 0 Å². The molecule has 108 valence electrons. The number of hydrogen-bond acceptors (Lipinski definition) is 5. The number of anilines is 1. The number of ether oxygens (including phenoxy) is 1. The van der Waals surface area contributed by atoms with E-state index in [2.05, 4.69) is 27.3 Å². The fourth-order valence-electron chi connectivity index (χ4n) is 2.13. The summed E-state index contributed by atoms with van der Waals surface area (Å²) in [5, 5.41) is 7.76. The summed E-state index contributed by atoms with van der Waals surface area (Å²) in [6.45, 7) is 5.19. The van der Waals surface area contributed by atoms with E-state index in [1.54, 1.807) is 7.11 Å². The largest absolute Gasteiger partial charge is 0.377 e. The lowest BCUT2D eigenvalue weighted by Gasteiger charge is -2.08. The van der Waals surface area contributed by atoms with Gasteiger partial charge < -0.3 is 10.1 Å². The Kier molecular flexibility index (Phi) is 4.68. The van der Waals surface area contributed by atoms with Gasteiger partial charge in [-0.2, -0.15) is 5.10 Å². The smallest absolute Gasteiger partial charge is 0.156 e. The van der Waals surface area contributed by atoms with Crippen LogP contribution in [-0.4, -0.2) is 26.9 Å². The molecule has 0 aliphatic heterocycles. The quantitative estimate of drug-likeness (QED) is 0.871. The van der Waals surface area contributed by atoms with Crippen molar-refractivity contribution in [2.75, 3.05) is 12.4 Å². The first-order valence-electron chi connectivity index (χ1n) is 6.71. The number of aromatic nitrogens is 4. The minimum absolute atomic E-state index is 0.420. The Morgan fingerprint density at radius 2 is 2.15 bits per heavy atom. The Morgan fingerprint density at radius 3 is 2.85 bits per heavy atom. The average Bonchev–Trinajstić information content (AvgIpc) is 2.76. The SMILES string of the molecule is CCc1nn(C)cc1CNc1cc(C)nc(COC)n1. The van der Waals surface area contributed by atoms with E-state index in [0.29, 0.717) is 19.0 Å². The molecule has 0 saturated carbocycles. The lowest BCUT2D eigenvalue weighted by molar-refractivity contribution is 0.177. The second kappa shape index (κ2) is 6.47. The third-order valence-corrected chi connectivity index (χ3v) is 2.96. The standard InChI is InChI=1S/C14H21N5O/c1-5-12-11(8-19(3)18-12)7-15-13-6-10(2)16-14(17-13)9-20-4/h6,8H,5,7,9H2,1-4H3,(H,15,16,17). The van der Waals surface area contributed by atoms with Crippen LogP contribution >= 0.6 is 0 Å². The Labute approximate surface area is 119 Å². The monoisotopic (exact) mass is 275 g/mol. The van der Waals surface area contributed by atoms with Crippen LogP contribution in [0.3, 0.4) is 0 Å². The summed E-state index contributed by atoms with van der Waals surface area (Å²) < 4.78 is 6.92. The molecular formula is C14H21N5O. The zero-order valence-corrected chi connectivity index (χ0v) is 12.5.